The van der Waals surface area contributed by atoms with Crippen LogP contribution in [-0.4, -0.2) is 25.5 Å². The number of hydrogen-bond acceptors (Lipinski definition) is 4. The molecule has 3 aromatic rings. The summed E-state index contributed by atoms with van der Waals surface area (Å²) in [5.74, 6) is -0.472. The Balaban J connectivity index is 1.91. The molecular weight excluding hydrogens is 438 g/mol. The number of nitrogens with zero attached hydrogens (tertiary/aromatic N) is 2. The van der Waals surface area contributed by atoms with Crippen molar-refractivity contribution in [1.29, 1.82) is 0 Å². The fourth-order valence-electron chi connectivity index (χ4n) is 3.37. The third-order valence-electron chi connectivity index (χ3n) is 4.63. The SMILES string of the molecule is CC1(C)NCc2c(-c3ccc(F)c4c3ccn4C(=O)OCI)n[nH]c21. The van der Waals surface area contributed by atoms with Gasteiger partial charge in [0.25, 0.3) is 0 Å². The Kier molecular flexibility index (Phi) is 3.84. The number of benzene rings is 1. The maximum absolute atomic E-state index is 14.4. The van der Waals surface area contributed by atoms with Gasteiger partial charge in [-0.1, -0.05) is 0 Å². The molecule has 2 aromatic heterocycles. The monoisotopic (exact) mass is 454 g/mol. The van der Waals surface area contributed by atoms with Crippen LogP contribution in [0.2, 0.25) is 0 Å². The van der Waals surface area contributed by atoms with Crippen LogP contribution in [0, 0.1) is 5.82 Å². The van der Waals surface area contributed by atoms with Gasteiger partial charge in [0.1, 0.15) is 10.4 Å². The molecule has 0 unspecified atom stereocenters. The number of halogens is 2. The Morgan fingerprint density at radius 3 is 3.00 bits per heavy atom. The second-order valence-electron chi connectivity index (χ2n) is 6.47. The Hall–Kier alpha value is -1.94. The molecule has 0 amide bonds. The molecule has 1 aliphatic heterocycles. The Labute approximate surface area is 156 Å². The maximum Gasteiger partial charge on any atom is 0.419 e. The minimum absolute atomic E-state index is 0.185. The largest absolute Gasteiger partial charge is 0.438 e. The highest BCUT2D eigenvalue weighted by molar-refractivity contribution is 14.1. The van der Waals surface area contributed by atoms with Crippen LogP contribution in [0.15, 0.2) is 24.4 Å². The number of carbonyl (C=O) groups excluding carboxylic acids is 1. The number of nitrogens with one attached hydrogen (secondary N) is 2. The van der Waals surface area contributed by atoms with Crippen molar-refractivity contribution in [1.82, 2.24) is 20.1 Å². The third-order valence-corrected chi connectivity index (χ3v) is 4.94. The highest BCUT2D eigenvalue weighted by atomic mass is 127. The Bertz CT molecular complexity index is 992. The molecule has 1 aromatic carbocycles. The van der Waals surface area contributed by atoms with Gasteiger partial charge in [0.05, 0.1) is 22.4 Å². The minimum atomic E-state index is -0.601. The average Bonchev–Trinajstić information content (AvgIpc) is 3.24. The lowest BCUT2D eigenvalue weighted by molar-refractivity contribution is 0.171. The van der Waals surface area contributed by atoms with Crippen molar-refractivity contribution in [2.45, 2.75) is 25.9 Å². The lowest BCUT2D eigenvalue weighted by Crippen LogP contribution is -2.29. The molecule has 0 aliphatic carbocycles. The van der Waals surface area contributed by atoms with E-state index in [9.17, 15) is 9.18 Å². The number of H-pyrrole nitrogens is 1. The highest BCUT2D eigenvalue weighted by Gasteiger charge is 2.34. The van der Waals surface area contributed by atoms with Gasteiger partial charge in [0.2, 0.25) is 0 Å². The van der Waals surface area contributed by atoms with Gasteiger partial charge in [0, 0.05) is 29.3 Å². The predicted molar refractivity (Wildman–Crippen MR) is 100 cm³/mol. The predicted octanol–water partition coefficient (Wildman–Crippen LogP) is 3.89. The molecule has 0 spiro atoms. The first-order valence-corrected chi connectivity index (χ1v) is 9.32. The summed E-state index contributed by atoms with van der Waals surface area (Å²) in [4.78, 5) is 12.1. The molecule has 0 saturated heterocycles. The lowest BCUT2D eigenvalue weighted by Gasteiger charge is -2.17. The Morgan fingerprint density at radius 1 is 1.44 bits per heavy atom. The van der Waals surface area contributed by atoms with Gasteiger partial charge in [0.15, 0.2) is 0 Å². The van der Waals surface area contributed by atoms with Crippen molar-refractivity contribution in [3.8, 4) is 11.3 Å². The van der Waals surface area contributed by atoms with Gasteiger partial charge in [-0.3, -0.25) is 5.10 Å². The van der Waals surface area contributed by atoms with E-state index in [0.717, 1.165) is 22.5 Å². The van der Waals surface area contributed by atoms with Gasteiger partial charge in [-0.2, -0.15) is 5.10 Å². The van der Waals surface area contributed by atoms with Crippen LogP contribution in [0.4, 0.5) is 9.18 Å². The van der Waals surface area contributed by atoms with Crippen LogP contribution >= 0.6 is 22.6 Å². The molecule has 2 N–H and O–H groups in total. The topological polar surface area (TPSA) is 71.9 Å². The van der Waals surface area contributed by atoms with Crippen molar-refractivity contribution >= 4 is 39.6 Å². The highest BCUT2D eigenvalue weighted by Crippen LogP contribution is 2.38. The summed E-state index contributed by atoms with van der Waals surface area (Å²) in [6.07, 6.45) is 0.927. The molecule has 1 aliphatic rings. The molecule has 3 heterocycles. The average molecular weight is 454 g/mol. The summed E-state index contributed by atoms with van der Waals surface area (Å²) < 4.78 is 20.8. The number of hydrogen-bond donors (Lipinski definition) is 2. The summed E-state index contributed by atoms with van der Waals surface area (Å²) >= 11 is 1.93. The van der Waals surface area contributed by atoms with Gasteiger partial charge in [-0.25, -0.2) is 13.8 Å². The van der Waals surface area contributed by atoms with E-state index in [1.54, 1.807) is 12.1 Å². The molecule has 25 heavy (non-hydrogen) atoms. The molecule has 0 radical (unpaired) electrons. The number of ether oxygens (including phenoxy) is 1. The van der Waals surface area contributed by atoms with Crippen LogP contribution in [-0.2, 0) is 16.8 Å². The fraction of sp³-hybridized carbons (Fsp3) is 0.294. The maximum atomic E-state index is 14.4. The molecular formula is C17H16FIN4O2. The fourth-order valence-corrected chi connectivity index (χ4v) is 3.63. The summed E-state index contributed by atoms with van der Waals surface area (Å²) in [6.45, 7) is 4.85. The van der Waals surface area contributed by atoms with Crippen LogP contribution < -0.4 is 5.32 Å². The molecule has 0 fully saturated rings. The van der Waals surface area contributed by atoms with E-state index in [1.807, 2.05) is 22.6 Å². The normalized spacial score (nSPS) is 15.5. The van der Waals surface area contributed by atoms with E-state index in [1.165, 1.54) is 16.8 Å². The van der Waals surface area contributed by atoms with Crippen molar-refractivity contribution in [2.75, 3.05) is 4.61 Å². The summed E-state index contributed by atoms with van der Waals surface area (Å²) in [7, 11) is 0. The number of aromatic nitrogens is 3. The van der Waals surface area contributed by atoms with Crippen molar-refractivity contribution in [3.05, 3.63) is 41.5 Å². The third kappa shape index (κ3) is 2.46. The van der Waals surface area contributed by atoms with Crippen LogP contribution in [0.25, 0.3) is 22.2 Å². The number of rotatable bonds is 2. The summed E-state index contributed by atoms with van der Waals surface area (Å²) in [5, 5.41) is 11.6. The Morgan fingerprint density at radius 2 is 2.24 bits per heavy atom. The van der Waals surface area contributed by atoms with Crippen molar-refractivity contribution in [2.24, 2.45) is 0 Å². The molecule has 6 nitrogen and oxygen atoms in total. The smallest absolute Gasteiger partial charge is 0.419 e. The number of carbonyl (C=O) groups is 1. The van der Waals surface area contributed by atoms with Crippen LogP contribution in [0.3, 0.4) is 0 Å². The quantitative estimate of drug-likeness (QED) is 0.456. The van der Waals surface area contributed by atoms with Crippen LogP contribution in [0.1, 0.15) is 25.1 Å². The standard InChI is InChI=1S/C17H16FIN4O2/c1-17(2)15-11(7-20-17)13(21-22-15)9-3-4-12(18)14-10(9)5-6-23(14)16(24)25-8-19/h3-6,20H,7-8H2,1-2H3,(H,21,22). The second kappa shape index (κ2) is 5.80. The van der Waals surface area contributed by atoms with E-state index in [2.05, 4.69) is 29.4 Å². The molecule has 8 heteroatoms. The minimum Gasteiger partial charge on any atom is -0.438 e. The van der Waals surface area contributed by atoms with E-state index < -0.39 is 11.9 Å². The number of aromatic amines is 1. The molecule has 0 bridgehead atoms. The van der Waals surface area contributed by atoms with Gasteiger partial charge < -0.3 is 10.1 Å². The van der Waals surface area contributed by atoms with Crippen molar-refractivity contribution < 1.29 is 13.9 Å². The van der Waals surface area contributed by atoms with E-state index in [-0.39, 0.29) is 15.7 Å². The van der Waals surface area contributed by atoms with Crippen molar-refractivity contribution in [3.63, 3.8) is 0 Å². The first-order chi connectivity index (χ1) is 11.9. The summed E-state index contributed by atoms with van der Waals surface area (Å²) in [6, 6.07) is 4.78. The van der Waals surface area contributed by atoms with Gasteiger partial charge in [-0.15, -0.1) is 0 Å². The molecule has 0 saturated carbocycles. The first-order valence-electron chi connectivity index (χ1n) is 7.80. The van der Waals surface area contributed by atoms with Crippen LogP contribution in [0.5, 0.6) is 0 Å². The van der Waals surface area contributed by atoms with E-state index in [4.69, 9.17) is 4.74 Å². The second-order valence-corrected chi connectivity index (χ2v) is 7.09. The van der Waals surface area contributed by atoms with Gasteiger partial charge in [-0.05, 0) is 54.6 Å². The zero-order valence-corrected chi connectivity index (χ0v) is 15.8. The zero-order chi connectivity index (χ0) is 17.8. The van der Waals surface area contributed by atoms with Gasteiger partial charge >= 0.3 is 6.09 Å². The zero-order valence-electron chi connectivity index (χ0n) is 13.7. The molecule has 130 valence electrons. The first kappa shape index (κ1) is 16.5. The van der Waals surface area contributed by atoms with E-state index in [0.29, 0.717) is 11.9 Å². The molecule has 4 rings (SSSR count). The van der Waals surface area contributed by atoms with E-state index >= 15 is 0 Å². The summed E-state index contributed by atoms with van der Waals surface area (Å²) in [5.41, 5.74) is 3.68. The lowest BCUT2D eigenvalue weighted by atomic mass is 9.98. The molecule has 0 atom stereocenters. The number of alkyl halides is 1. The number of fused-ring (bicyclic) bond motifs is 2.